The van der Waals surface area contributed by atoms with E-state index in [9.17, 15) is 8.42 Å². The van der Waals surface area contributed by atoms with Gasteiger partial charge in [-0.1, -0.05) is 42.5 Å². The molecule has 2 aliphatic rings. The predicted molar refractivity (Wildman–Crippen MR) is 81.4 cm³/mol. The minimum atomic E-state index is -3.45. The van der Waals surface area contributed by atoms with Gasteiger partial charge in [0.2, 0.25) is 10.0 Å². The van der Waals surface area contributed by atoms with Crippen molar-refractivity contribution in [2.24, 2.45) is 0 Å². The van der Waals surface area contributed by atoms with Crippen LogP contribution in [0.2, 0.25) is 0 Å². The lowest BCUT2D eigenvalue weighted by atomic mass is 10.1. The summed E-state index contributed by atoms with van der Waals surface area (Å²) < 4.78 is 26.1. The van der Waals surface area contributed by atoms with Crippen LogP contribution in [0.15, 0.2) is 59.5 Å². The van der Waals surface area contributed by atoms with Gasteiger partial charge < -0.3 is 0 Å². The van der Waals surface area contributed by atoms with Gasteiger partial charge in [-0.05, 0) is 34.0 Å². The number of nitrogens with zero attached hydrogens (tertiary/aromatic N) is 1. The first kappa shape index (κ1) is 13.1. The second-order valence-electron chi connectivity index (χ2n) is 4.96. The molecule has 0 heterocycles. The van der Waals surface area contributed by atoms with Crippen molar-refractivity contribution in [2.45, 2.75) is 4.90 Å². The van der Waals surface area contributed by atoms with E-state index >= 15 is 0 Å². The summed E-state index contributed by atoms with van der Waals surface area (Å²) in [5, 5.41) is 1.99. The fourth-order valence-electron chi connectivity index (χ4n) is 2.38. The summed E-state index contributed by atoms with van der Waals surface area (Å²) in [6.45, 7) is 0. The lowest BCUT2D eigenvalue weighted by Gasteiger charge is -2.10. The summed E-state index contributed by atoms with van der Waals surface area (Å²) >= 11 is 0. The Morgan fingerprint density at radius 1 is 0.900 bits per heavy atom. The summed E-state index contributed by atoms with van der Waals surface area (Å²) in [6, 6.07) is 17.2. The van der Waals surface area contributed by atoms with Crippen molar-refractivity contribution < 1.29 is 8.42 Å². The average molecular weight is 285 g/mol. The van der Waals surface area contributed by atoms with Crippen LogP contribution in [0, 0.1) is 0 Å². The lowest BCUT2D eigenvalue weighted by Crippen LogP contribution is -2.21. The van der Waals surface area contributed by atoms with E-state index in [-0.39, 0.29) is 0 Å². The zero-order valence-corrected chi connectivity index (χ0v) is 12.2. The maximum atomic E-state index is 12.4. The number of sulfonamides is 1. The molecule has 0 saturated heterocycles. The third-order valence-electron chi connectivity index (χ3n) is 3.47. The molecule has 0 amide bonds. The first-order valence-electron chi connectivity index (χ1n) is 6.34. The van der Waals surface area contributed by atoms with Gasteiger partial charge in [0.1, 0.15) is 0 Å². The second kappa shape index (κ2) is 4.58. The third kappa shape index (κ3) is 1.97. The van der Waals surface area contributed by atoms with E-state index in [1.165, 1.54) is 4.31 Å². The molecule has 2 aliphatic carbocycles. The van der Waals surface area contributed by atoms with E-state index in [2.05, 4.69) is 0 Å². The van der Waals surface area contributed by atoms with Crippen LogP contribution in [0.3, 0.4) is 0 Å². The molecule has 20 heavy (non-hydrogen) atoms. The molecule has 102 valence electrons. The Morgan fingerprint density at radius 2 is 1.65 bits per heavy atom. The van der Waals surface area contributed by atoms with Crippen molar-refractivity contribution in [3.05, 3.63) is 54.6 Å². The van der Waals surface area contributed by atoms with Crippen molar-refractivity contribution in [3.63, 3.8) is 0 Å². The van der Waals surface area contributed by atoms with Crippen molar-refractivity contribution >= 4 is 20.8 Å². The SMILES string of the molecule is CN(C)S(=O)(=O)c1cc2cccc-2c2ccccc2c1. The first-order chi connectivity index (χ1) is 9.50. The molecule has 0 atom stereocenters. The monoisotopic (exact) mass is 285 g/mol. The van der Waals surface area contributed by atoms with Gasteiger partial charge in [0.25, 0.3) is 0 Å². The summed E-state index contributed by atoms with van der Waals surface area (Å²) in [7, 11) is -0.351. The van der Waals surface area contributed by atoms with Gasteiger partial charge in [-0.25, -0.2) is 12.7 Å². The minimum absolute atomic E-state index is 0.319. The Morgan fingerprint density at radius 3 is 2.40 bits per heavy atom. The summed E-state index contributed by atoms with van der Waals surface area (Å²) in [5.74, 6) is 0. The Labute approximate surface area is 118 Å². The molecule has 0 spiro atoms. The fraction of sp³-hybridized carbons (Fsp3) is 0.125. The quantitative estimate of drug-likeness (QED) is 0.725. The smallest absolute Gasteiger partial charge is 0.207 e. The normalized spacial score (nSPS) is 12.3. The van der Waals surface area contributed by atoms with Crippen LogP contribution in [0.1, 0.15) is 0 Å². The fourth-order valence-corrected chi connectivity index (χ4v) is 3.35. The Balaban J connectivity index is 2.45. The Bertz CT molecular complexity index is 853. The maximum absolute atomic E-state index is 12.4. The van der Waals surface area contributed by atoms with Gasteiger partial charge >= 0.3 is 0 Å². The number of fused-ring (bicyclic) bond motifs is 3. The molecule has 0 radical (unpaired) electrons. The molecule has 0 aliphatic heterocycles. The van der Waals surface area contributed by atoms with E-state index in [0.717, 1.165) is 21.9 Å². The van der Waals surface area contributed by atoms with Crippen molar-refractivity contribution in [1.29, 1.82) is 0 Å². The highest BCUT2D eigenvalue weighted by Crippen LogP contribution is 2.33. The minimum Gasteiger partial charge on any atom is -0.207 e. The molecule has 0 bridgehead atoms. The van der Waals surface area contributed by atoms with E-state index < -0.39 is 10.0 Å². The molecular weight excluding hydrogens is 270 g/mol. The highest BCUT2D eigenvalue weighted by Gasteiger charge is 2.19. The average Bonchev–Trinajstić information content (AvgIpc) is 2.80. The van der Waals surface area contributed by atoms with Gasteiger partial charge in [0.15, 0.2) is 0 Å². The molecule has 0 N–H and O–H groups in total. The second-order valence-corrected chi connectivity index (χ2v) is 7.11. The summed E-state index contributed by atoms with van der Waals surface area (Å²) in [4.78, 5) is 0.319. The summed E-state index contributed by atoms with van der Waals surface area (Å²) in [6.07, 6.45) is 0. The topological polar surface area (TPSA) is 37.4 Å². The Hall–Kier alpha value is -1.91. The molecule has 1 aromatic carbocycles. The zero-order chi connectivity index (χ0) is 14.3. The van der Waals surface area contributed by atoms with E-state index in [1.807, 2.05) is 42.5 Å². The summed E-state index contributed by atoms with van der Waals surface area (Å²) in [5.41, 5.74) is 2.01. The highest BCUT2D eigenvalue weighted by molar-refractivity contribution is 7.89. The third-order valence-corrected chi connectivity index (χ3v) is 5.27. The van der Waals surface area contributed by atoms with Crippen LogP contribution in [-0.4, -0.2) is 26.8 Å². The molecule has 0 unspecified atom stereocenters. The number of benzene rings is 1. The van der Waals surface area contributed by atoms with E-state index in [1.54, 1.807) is 26.2 Å². The van der Waals surface area contributed by atoms with Gasteiger partial charge in [0.05, 0.1) is 4.90 Å². The van der Waals surface area contributed by atoms with Crippen molar-refractivity contribution in [1.82, 2.24) is 4.31 Å². The van der Waals surface area contributed by atoms with Gasteiger partial charge in [-0.15, -0.1) is 0 Å². The lowest BCUT2D eigenvalue weighted by molar-refractivity contribution is 0.521. The number of hydrogen-bond acceptors (Lipinski definition) is 2. The molecule has 3 rings (SSSR count). The van der Waals surface area contributed by atoms with Gasteiger partial charge in [-0.3, -0.25) is 0 Å². The van der Waals surface area contributed by atoms with E-state index in [0.29, 0.717) is 4.90 Å². The number of rotatable bonds is 2. The molecule has 0 saturated carbocycles. The predicted octanol–water partition coefficient (Wildman–Crippen LogP) is 3.19. The first-order valence-corrected chi connectivity index (χ1v) is 7.78. The number of hydrogen-bond donors (Lipinski definition) is 0. The molecule has 3 nitrogen and oxygen atoms in total. The zero-order valence-electron chi connectivity index (χ0n) is 11.4. The van der Waals surface area contributed by atoms with E-state index in [4.69, 9.17) is 0 Å². The van der Waals surface area contributed by atoms with Gasteiger partial charge in [-0.2, -0.15) is 0 Å². The molecule has 4 heteroatoms. The van der Waals surface area contributed by atoms with Crippen molar-refractivity contribution in [3.8, 4) is 11.1 Å². The van der Waals surface area contributed by atoms with Crippen LogP contribution in [0.25, 0.3) is 21.9 Å². The molecule has 0 aromatic heterocycles. The van der Waals surface area contributed by atoms with Crippen LogP contribution in [0.5, 0.6) is 0 Å². The Kier molecular flexibility index (Phi) is 3.00. The van der Waals surface area contributed by atoms with Gasteiger partial charge in [0, 0.05) is 14.1 Å². The van der Waals surface area contributed by atoms with Crippen LogP contribution in [-0.2, 0) is 10.0 Å². The molecule has 0 fully saturated rings. The molecular formula is C16H15NO2S. The largest absolute Gasteiger partial charge is 0.242 e. The maximum Gasteiger partial charge on any atom is 0.242 e. The van der Waals surface area contributed by atoms with Crippen LogP contribution >= 0.6 is 0 Å². The van der Waals surface area contributed by atoms with Crippen LogP contribution < -0.4 is 0 Å². The molecule has 1 aromatic rings. The van der Waals surface area contributed by atoms with Crippen molar-refractivity contribution in [2.75, 3.05) is 14.1 Å². The standard InChI is InChI=1S/C16H15NO2S/c1-17(2)20(18,19)14-10-12-6-3-4-8-15(12)16-9-5-7-13(16)11-14/h3-11H,1-2H3. The highest BCUT2D eigenvalue weighted by atomic mass is 32.2. The van der Waals surface area contributed by atoms with Crippen LogP contribution in [0.4, 0.5) is 0 Å².